The van der Waals surface area contributed by atoms with Gasteiger partial charge in [-0.15, -0.1) is 0 Å². The number of benzene rings is 1. The Morgan fingerprint density at radius 2 is 1.80 bits per heavy atom. The lowest BCUT2D eigenvalue weighted by Crippen LogP contribution is -2.46. The topological polar surface area (TPSA) is 38.8 Å². The first-order valence-corrected chi connectivity index (χ1v) is 7.13. The van der Waals surface area contributed by atoms with Crippen LogP contribution in [0.3, 0.4) is 0 Å². The quantitative estimate of drug-likeness (QED) is 0.852. The molecule has 1 aromatic rings. The van der Waals surface area contributed by atoms with E-state index in [1.54, 1.807) is 12.0 Å². The van der Waals surface area contributed by atoms with E-state index < -0.39 is 0 Å². The second-order valence-corrected chi connectivity index (χ2v) is 5.48. The molecule has 0 unspecified atom stereocenters. The fourth-order valence-corrected chi connectivity index (χ4v) is 2.68. The third-order valence-electron chi connectivity index (χ3n) is 3.86. The van der Waals surface area contributed by atoms with E-state index in [0.29, 0.717) is 13.1 Å². The molecule has 1 heterocycles. The normalized spacial score (nSPS) is 18.1. The summed E-state index contributed by atoms with van der Waals surface area (Å²) in [4.78, 5) is 13.7. The first-order chi connectivity index (χ1) is 9.57. The summed E-state index contributed by atoms with van der Waals surface area (Å²) in [6, 6.07) is 10.2. The van der Waals surface area contributed by atoms with Gasteiger partial charge in [-0.05, 0) is 32.3 Å². The Balaban J connectivity index is 2.03. The van der Waals surface area contributed by atoms with E-state index in [-0.39, 0.29) is 17.8 Å². The van der Waals surface area contributed by atoms with Crippen molar-refractivity contribution in [1.82, 2.24) is 4.90 Å². The standard InChI is InChI=1S/C16H23NO3/c1-13(2)20-15(18)17-11-9-16(19-3,10-12-17)14-7-5-4-6-8-14/h4-8,13H,9-12H2,1-3H3. The first kappa shape index (κ1) is 14.9. The van der Waals surface area contributed by atoms with Crippen molar-refractivity contribution in [3.8, 4) is 0 Å². The number of piperidine rings is 1. The first-order valence-electron chi connectivity index (χ1n) is 7.13. The summed E-state index contributed by atoms with van der Waals surface area (Å²) < 4.78 is 11.0. The van der Waals surface area contributed by atoms with Gasteiger partial charge < -0.3 is 14.4 Å². The highest BCUT2D eigenvalue weighted by molar-refractivity contribution is 5.68. The van der Waals surface area contributed by atoms with Crippen LogP contribution in [0.15, 0.2) is 30.3 Å². The number of carbonyl (C=O) groups is 1. The van der Waals surface area contributed by atoms with E-state index in [0.717, 1.165) is 12.8 Å². The summed E-state index contributed by atoms with van der Waals surface area (Å²) in [5.74, 6) is 0. The Kier molecular flexibility index (Phi) is 4.65. The van der Waals surface area contributed by atoms with Crippen LogP contribution in [0.25, 0.3) is 0 Å². The molecule has 20 heavy (non-hydrogen) atoms. The van der Waals surface area contributed by atoms with Crippen LogP contribution in [0.1, 0.15) is 32.3 Å². The Hall–Kier alpha value is -1.55. The van der Waals surface area contributed by atoms with E-state index in [2.05, 4.69) is 12.1 Å². The van der Waals surface area contributed by atoms with E-state index in [4.69, 9.17) is 9.47 Å². The lowest BCUT2D eigenvalue weighted by atomic mass is 9.84. The lowest BCUT2D eigenvalue weighted by Gasteiger charge is -2.40. The molecule has 0 bridgehead atoms. The van der Waals surface area contributed by atoms with Gasteiger partial charge >= 0.3 is 6.09 Å². The molecule has 0 N–H and O–H groups in total. The summed E-state index contributed by atoms with van der Waals surface area (Å²) in [5, 5.41) is 0. The van der Waals surface area contributed by atoms with Crippen molar-refractivity contribution >= 4 is 6.09 Å². The highest BCUT2D eigenvalue weighted by Crippen LogP contribution is 2.36. The van der Waals surface area contributed by atoms with Gasteiger partial charge in [-0.2, -0.15) is 0 Å². The minimum atomic E-state index is -0.282. The van der Waals surface area contributed by atoms with Gasteiger partial charge in [0.25, 0.3) is 0 Å². The maximum atomic E-state index is 11.9. The zero-order valence-electron chi connectivity index (χ0n) is 12.5. The fourth-order valence-electron chi connectivity index (χ4n) is 2.68. The minimum absolute atomic E-state index is 0.0780. The number of rotatable bonds is 3. The van der Waals surface area contributed by atoms with Crippen molar-refractivity contribution < 1.29 is 14.3 Å². The zero-order chi connectivity index (χ0) is 14.6. The molecule has 110 valence electrons. The molecule has 1 aliphatic rings. The molecule has 0 aliphatic carbocycles. The van der Waals surface area contributed by atoms with E-state index in [9.17, 15) is 4.79 Å². The Labute approximate surface area is 120 Å². The van der Waals surface area contributed by atoms with Gasteiger partial charge in [-0.3, -0.25) is 0 Å². The van der Waals surface area contributed by atoms with Crippen molar-refractivity contribution in [3.05, 3.63) is 35.9 Å². The van der Waals surface area contributed by atoms with Crippen LogP contribution in [0, 0.1) is 0 Å². The van der Waals surface area contributed by atoms with E-state index in [1.807, 2.05) is 32.0 Å². The smallest absolute Gasteiger partial charge is 0.410 e. The van der Waals surface area contributed by atoms with Gasteiger partial charge in [0.15, 0.2) is 0 Å². The zero-order valence-corrected chi connectivity index (χ0v) is 12.5. The summed E-state index contributed by atoms with van der Waals surface area (Å²) in [5.41, 5.74) is 0.898. The lowest BCUT2D eigenvalue weighted by molar-refractivity contribution is -0.0613. The van der Waals surface area contributed by atoms with Crippen LogP contribution in [0.2, 0.25) is 0 Å². The van der Waals surface area contributed by atoms with Crippen molar-refractivity contribution in [1.29, 1.82) is 0 Å². The molecule has 1 aliphatic heterocycles. The van der Waals surface area contributed by atoms with Gasteiger partial charge in [0, 0.05) is 20.2 Å². The van der Waals surface area contributed by atoms with E-state index >= 15 is 0 Å². The van der Waals surface area contributed by atoms with Crippen molar-refractivity contribution in [2.24, 2.45) is 0 Å². The van der Waals surface area contributed by atoms with Gasteiger partial charge in [0.1, 0.15) is 0 Å². The number of hydrogen-bond donors (Lipinski definition) is 0. The number of nitrogens with zero attached hydrogens (tertiary/aromatic N) is 1. The van der Waals surface area contributed by atoms with Gasteiger partial charge in [0.05, 0.1) is 11.7 Å². The highest BCUT2D eigenvalue weighted by Gasteiger charge is 2.37. The van der Waals surface area contributed by atoms with Crippen LogP contribution >= 0.6 is 0 Å². The molecule has 2 rings (SSSR count). The maximum Gasteiger partial charge on any atom is 0.410 e. The van der Waals surface area contributed by atoms with Crippen molar-refractivity contribution in [2.45, 2.75) is 38.4 Å². The predicted molar refractivity (Wildman–Crippen MR) is 77.6 cm³/mol. The number of hydrogen-bond acceptors (Lipinski definition) is 3. The Morgan fingerprint density at radius 3 is 2.30 bits per heavy atom. The number of likely N-dealkylation sites (tertiary alicyclic amines) is 1. The third kappa shape index (κ3) is 3.12. The maximum absolute atomic E-state index is 11.9. The SMILES string of the molecule is COC1(c2ccccc2)CCN(C(=O)OC(C)C)CC1. The summed E-state index contributed by atoms with van der Waals surface area (Å²) >= 11 is 0. The van der Waals surface area contributed by atoms with Crippen LogP contribution in [0.4, 0.5) is 4.79 Å². The second-order valence-electron chi connectivity index (χ2n) is 5.48. The molecule has 1 fully saturated rings. The molecular formula is C16H23NO3. The van der Waals surface area contributed by atoms with Crippen LogP contribution < -0.4 is 0 Å². The third-order valence-corrected chi connectivity index (χ3v) is 3.86. The van der Waals surface area contributed by atoms with E-state index in [1.165, 1.54) is 5.56 Å². The monoisotopic (exact) mass is 277 g/mol. The van der Waals surface area contributed by atoms with Gasteiger partial charge in [-0.25, -0.2) is 4.79 Å². The molecule has 0 spiro atoms. The Bertz CT molecular complexity index is 436. The van der Waals surface area contributed by atoms with Crippen LogP contribution in [-0.4, -0.2) is 37.3 Å². The molecular weight excluding hydrogens is 254 g/mol. The number of amides is 1. The molecule has 0 atom stereocenters. The van der Waals surface area contributed by atoms with Crippen LogP contribution in [-0.2, 0) is 15.1 Å². The van der Waals surface area contributed by atoms with Gasteiger partial charge in [-0.1, -0.05) is 30.3 Å². The van der Waals surface area contributed by atoms with Crippen molar-refractivity contribution in [3.63, 3.8) is 0 Å². The second kappa shape index (κ2) is 6.27. The minimum Gasteiger partial charge on any atom is -0.447 e. The number of methoxy groups -OCH3 is 1. The molecule has 1 saturated heterocycles. The molecule has 1 aromatic carbocycles. The average Bonchev–Trinajstić information content (AvgIpc) is 2.47. The summed E-state index contributed by atoms with van der Waals surface area (Å²) in [6.07, 6.45) is 1.28. The van der Waals surface area contributed by atoms with Crippen LogP contribution in [0.5, 0.6) is 0 Å². The average molecular weight is 277 g/mol. The van der Waals surface area contributed by atoms with Gasteiger partial charge in [0.2, 0.25) is 0 Å². The fraction of sp³-hybridized carbons (Fsp3) is 0.562. The molecule has 0 aromatic heterocycles. The highest BCUT2D eigenvalue weighted by atomic mass is 16.6. The largest absolute Gasteiger partial charge is 0.447 e. The molecule has 0 radical (unpaired) electrons. The molecule has 1 amide bonds. The molecule has 4 heteroatoms. The summed E-state index contributed by atoms with van der Waals surface area (Å²) in [6.45, 7) is 5.05. The number of ether oxygens (including phenoxy) is 2. The Morgan fingerprint density at radius 1 is 1.20 bits per heavy atom. The summed E-state index contributed by atoms with van der Waals surface area (Å²) in [7, 11) is 1.75. The predicted octanol–water partition coefficient (Wildman–Crippen LogP) is 3.17. The molecule has 4 nitrogen and oxygen atoms in total. The molecule has 0 saturated carbocycles. The van der Waals surface area contributed by atoms with Crippen molar-refractivity contribution in [2.75, 3.05) is 20.2 Å². The number of carbonyl (C=O) groups excluding carboxylic acids is 1.